The molecule has 0 aliphatic carbocycles. The van der Waals surface area contributed by atoms with E-state index >= 15 is 0 Å². The van der Waals surface area contributed by atoms with Gasteiger partial charge >= 0.3 is 0 Å². The molecule has 2 aromatic carbocycles. The van der Waals surface area contributed by atoms with Crippen molar-refractivity contribution in [2.24, 2.45) is 0 Å². The first kappa shape index (κ1) is 19.1. The van der Waals surface area contributed by atoms with E-state index in [1.54, 1.807) is 11.3 Å². The molecule has 0 atom stereocenters. The van der Waals surface area contributed by atoms with Gasteiger partial charge in [-0.15, -0.1) is 11.3 Å². The zero-order chi connectivity index (χ0) is 20.5. The van der Waals surface area contributed by atoms with Crippen molar-refractivity contribution in [3.05, 3.63) is 87.5 Å². The lowest BCUT2D eigenvalue weighted by molar-refractivity contribution is 0.0716. The molecule has 0 saturated carbocycles. The fourth-order valence-electron chi connectivity index (χ4n) is 4.35. The molecule has 0 bridgehead atoms. The minimum Gasteiger partial charge on any atom is -0.358 e. The standard InChI is InChI=1S/C25H25N3OS/c1-17-24(30-23(26-17)15-18-7-3-2-4-8-18)25(29)28-13-11-19(12-14-28)22-16-20-9-5-6-10-21(20)27-22/h2-10,16,19,27H,11-15H2,1H3. The van der Waals surface area contributed by atoms with Crippen molar-refractivity contribution >= 4 is 28.1 Å². The van der Waals surface area contributed by atoms with Crippen LogP contribution in [-0.4, -0.2) is 33.9 Å². The van der Waals surface area contributed by atoms with Crippen LogP contribution in [0.1, 0.15) is 50.4 Å². The van der Waals surface area contributed by atoms with Crippen LogP contribution in [0.5, 0.6) is 0 Å². The second-order valence-electron chi connectivity index (χ2n) is 8.06. The summed E-state index contributed by atoms with van der Waals surface area (Å²) >= 11 is 1.55. The summed E-state index contributed by atoms with van der Waals surface area (Å²) in [6, 6.07) is 21.0. The highest BCUT2D eigenvalue weighted by atomic mass is 32.1. The summed E-state index contributed by atoms with van der Waals surface area (Å²) in [7, 11) is 0. The molecule has 4 nitrogen and oxygen atoms in total. The Morgan fingerprint density at radius 3 is 2.60 bits per heavy atom. The zero-order valence-corrected chi connectivity index (χ0v) is 17.9. The van der Waals surface area contributed by atoms with Gasteiger partial charge in [0.15, 0.2) is 0 Å². The van der Waals surface area contributed by atoms with E-state index in [4.69, 9.17) is 0 Å². The zero-order valence-electron chi connectivity index (χ0n) is 17.1. The van der Waals surface area contributed by atoms with Crippen LogP contribution in [0.15, 0.2) is 60.7 Å². The summed E-state index contributed by atoms with van der Waals surface area (Å²) < 4.78 is 0. The Kier molecular flexibility index (Phi) is 5.13. The Bertz CT molecular complexity index is 1140. The largest absolute Gasteiger partial charge is 0.358 e. The van der Waals surface area contributed by atoms with Crippen molar-refractivity contribution in [3.8, 4) is 0 Å². The number of aryl methyl sites for hydroxylation is 1. The number of rotatable bonds is 4. The number of carbonyl (C=O) groups is 1. The number of H-pyrrole nitrogens is 1. The average molecular weight is 416 g/mol. The number of amides is 1. The summed E-state index contributed by atoms with van der Waals surface area (Å²) in [6.07, 6.45) is 2.77. The Hall–Kier alpha value is -2.92. The van der Waals surface area contributed by atoms with Crippen molar-refractivity contribution in [2.75, 3.05) is 13.1 Å². The molecule has 0 radical (unpaired) electrons. The molecule has 1 aliphatic rings. The van der Waals surface area contributed by atoms with E-state index in [9.17, 15) is 4.79 Å². The summed E-state index contributed by atoms with van der Waals surface area (Å²) in [5.74, 6) is 0.622. The van der Waals surface area contributed by atoms with Gasteiger partial charge in [-0.25, -0.2) is 4.98 Å². The van der Waals surface area contributed by atoms with E-state index in [-0.39, 0.29) is 5.91 Å². The van der Waals surface area contributed by atoms with Gasteiger partial charge < -0.3 is 9.88 Å². The SMILES string of the molecule is Cc1nc(Cc2ccccc2)sc1C(=O)N1CCC(c2cc3ccccc3[nH]2)CC1. The van der Waals surface area contributed by atoms with Gasteiger partial charge in [0.2, 0.25) is 0 Å². The van der Waals surface area contributed by atoms with E-state index in [2.05, 4.69) is 52.4 Å². The third-order valence-electron chi connectivity index (χ3n) is 6.01. The molecular formula is C25H25N3OS. The van der Waals surface area contributed by atoms with E-state index in [0.29, 0.717) is 5.92 Å². The first-order valence-corrected chi connectivity index (χ1v) is 11.4. The Morgan fingerprint density at radius 2 is 1.83 bits per heavy atom. The van der Waals surface area contributed by atoms with Crippen LogP contribution in [-0.2, 0) is 6.42 Å². The number of nitrogens with zero attached hydrogens (tertiary/aromatic N) is 2. The number of benzene rings is 2. The minimum atomic E-state index is 0.138. The molecule has 1 fully saturated rings. The third kappa shape index (κ3) is 3.77. The number of fused-ring (bicyclic) bond motifs is 1. The fourth-order valence-corrected chi connectivity index (χ4v) is 5.42. The molecule has 1 N–H and O–H groups in total. The Morgan fingerprint density at radius 1 is 1.10 bits per heavy atom. The van der Waals surface area contributed by atoms with Gasteiger partial charge in [-0.1, -0.05) is 48.5 Å². The number of nitrogens with one attached hydrogen (secondary N) is 1. The molecule has 2 aromatic heterocycles. The molecule has 1 aliphatic heterocycles. The number of piperidine rings is 1. The molecule has 5 rings (SSSR count). The van der Waals surface area contributed by atoms with Crippen molar-refractivity contribution in [3.63, 3.8) is 0 Å². The summed E-state index contributed by atoms with van der Waals surface area (Å²) in [5, 5.41) is 2.27. The van der Waals surface area contributed by atoms with Gasteiger partial charge in [0.25, 0.3) is 5.91 Å². The van der Waals surface area contributed by atoms with Gasteiger partial charge in [0.05, 0.1) is 10.7 Å². The normalized spacial score (nSPS) is 15.0. The number of aromatic nitrogens is 2. The maximum Gasteiger partial charge on any atom is 0.265 e. The molecule has 5 heteroatoms. The lowest BCUT2D eigenvalue weighted by Gasteiger charge is -2.31. The summed E-state index contributed by atoms with van der Waals surface area (Å²) in [5.41, 5.74) is 4.57. The van der Waals surface area contributed by atoms with Crippen molar-refractivity contribution in [1.82, 2.24) is 14.9 Å². The molecule has 152 valence electrons. The van der Waals surface area contributed by atoms with Crippen molar-refractivity contribution in [1.29, 1.82) is 0 Å². The highest BCUT2D eigenvalue weighted by molar-refractivity contribution is 7.13. The fraction of sp³-hybridized carbons (Fsp3) is 0.280. The van der Waals surface area contributed by atoms with E-state index in [1.165, 1.54) is 22.2 Å². The summed E-state index contributed by atoms with van der Waals surface area (Å²) in [6.45, 7) is 3.55. The predicted molar refractivity (Wildman–Crippen MR) is 122 cm³/mol. The van der Waals surface area contributed by atoms with Gasteiger partial charge in [-0.05, 0) is 42.8 Å². The number of para-hydroxylation sites is 1. The number of thiazole rings is 1. The number of hydrogen-bond donors (Lipinski definition) is 1. The minimum absolute atomic E-state index is 0.138. The quantitative estimate of drug-likeness (QED) is 0.475. The maximum atomic E-state index is 13.2. The van der Waals surface area contributed by atoms with Crippen LogP contribution in [0.25, 0.3) is 10.9 Å². The van der Waals surface area contributed by atoms with Crippen LogP contribution in [0.3, 0.4) is 0 Å². The lowest BCUT2D eigenvalue weighted by Crippen LogP contribution is -2.37. The molecule has 0 spiro atoms. The van der Waals surface area contributed by atoms with Crippen molar-refractivity contribution in [2.45, 2.75) is 32.1 Å². The van der Waals surface area contributed by atoms with E-state index in [0.717, 1.165) is 47.9 Å². The highest BCUT2D eigenvalue weighted by Crippen LogP contribution is 2.31. The second kappa shape index (κ2) is 8.07. The molecular weight excluding hydrogens is 390 g/mol. The van der Waals surface area contributed by atoms with Crippen molar-refractivity contribution < 1.29 is 4.79 Å². The van der Waals surface area contributed by atoms with Gasteiger partial charge in [0.1, 0.15) is 4.88 Å². The molecule has 30 heavy (non-hydrogen) atoms. The molecule has 1 amide bonds. The lowest BCUT2D eigenvalue weighted by atomic mass is 9.93. The smallest absolute Gasteiger partial charge is 0.265 e. The average Bonchev–Trinajstić information content (AvgIpc) is 3.37. The van der Waals surface area contributed by atoms with Crippen LogP contribution in [0.2, 0.25) is 0 Å². The maximum absolute atomic E-state index is 13.2. The first-order chi connectivity index (χ1) is 14.7. The molecule has 0 unspecified atom stereocenters. The number of hydrogen-bond acceptors (Lipinski definition) is 3. The van der Waals surface area contributed by atoms with Crippen LogP contribution in [0.4, 0.5) is 0 Å². The number of likely N-dealkylation sites (tertiary alicyclic amines) is 1. The number of carbonyl (C=O) groups excluding carboxylic acids is 1. The summed E-state index contributed by atoms with van der Waals surface area (Å²) in [4.78, 5) is 24.2. The van der Waals surface area contributed by atoms with Gasteiger partial charge in [-0.2, -0.15) is 0 Å². The Labute approximate surface area is 180 Å². The molecule has 1 saturated heterocycles. The van der Waals surface area contributed by atoms with Crippen LogP contribution in [0, 0.1) is 6.92 Å². The number of aromatic amines is 1. The third-order valence-corrected chi connectivity index (χ3v) is 7.15. The van der Waals surface area contributed by atoms with Crippen LogP contribution >= 0.6 is 11.3 Å². The predicted octanol–water partition coefficient (Wildman–Crippen LogP) is 5.54. The molecule has 4 aromatic rings. The highest BCUT2D eigenvalue weighted by Gasteiger charge is 2.27. The first-order valence-electron chi connectivity index (χ1n) is 10.5. The molecule has 3 heterocycles. The van der Waals surface area contributed by atoms with E-state index < -0.39 is 0 Å². The topological polar surface area (TPSA) is 49.0 Å². The van der Waals surface area contributed by atoms with E-state index in [1.807, 2.05) is 30.0 Å². The van der Waals surface area contributed by atoms with Gasteiger partial charge in [0, 0.05) is 36.6 Å². The second-order valence-corrected chi connectivity index (χ2v) is 9.15. The van der Waals surface area contributed by atoms with Crippen LogP contribution < -0.4 is 0 Å². The van der Waals surface area contributed by atoms with Gasteiger partial charge in [-0.3, -0.25) is 4.79 Å². The Balaban J connectivity index is 1.25. The monoisotopic (exact) mass is 415 g/mol.